The fraction of sp³-hybridized carbons (Fsp3) is 0.208. The number of piperazine rings is 1. The average Bonchev–Trinajstić information content (AvgIpc) is 2.82. The van der Waals surface area contributed by atoms with Crippen molar-refractivity contribution in [2.45, 2.75) is 0 Å². The Morgan fingerprint density at radius 2 is 1.71 bits per heavy atom. The van der Waals surface area contributed by atoms with Gasteiger partial charge in [0.05, 0.1) is 26.6 Å². The summed E-state index contributed by atoms with van der Waals surface area (Å²) in [6, 6.07) is 14.8. The summed E-state index contributed by atoms with van der Waals surface area (Å²) in [5, 5.41) is 12.9. The number of benzene rings is 2. The third-order valence-corrected chi connectivity index (χ3v) is 6.61. The van der Waals surface area contributed by atoms with Crippen LogP contribution in [0.25, 0.3) is 16.6 Å². The molecule has 0 amide bonds. The third-order valence-electron chi connectivity index (χ3n) is 6.00. The third kappa shape index (κ3) is 4.27. The van der Waals surface area contributed by atoms with Crippen LogP contribution in [0.4, 0.5) is 17.2 Å². The lowest BCUT2D eigenvalue weighted by molar-refractivity contribution is 0.313. The van der Waals surface area contributed by atoms with Gasteiger partial charge in [-0.1, -0.05) is 29.3 Å². The Hall–Kier alpha value is -3.33. The van der Waals surface area contributed by atoms with Gasteiger partial charge in [0.15, 0.2) is 0 Å². The molecule has 2 aromatic carbocycles. The van der Waals surface area contributed by atoms with E-state index in [0.29, 0.717) is 16.7 Å². The normalized spacial score (nSPS) is 14.5. The molecule has 0 radical (unpaired) electrons. The highest BCUT2D eigenvalue weighted by molar-refractivity contribution is 6.37. The van der Waals surface area contributed by atoms with Gasteiger partial charge in [-0.15, -0.1) is 0 Å². The van der Waals surface area contributed by atoms with E-state index in [0.717, 1.165) is 36.4 Å². The molecule has 3 heterocycles. The standard InChI is InChI=1S/C24H23Cl2N7O/c1-31-9-11-32(12-10-31)16-7-5-15(6-8-16)29-21-13-20-17(14-28-21)23(27)33(24(34)30-20)22-18(25)3-2-4-19(22)26/h2-8,13-14,27H,9-12H2,1H3,(H,28,29)(H,30,34). The van der Waals surface area contributed by atoms with E-state index in [-0.39, 0.29) is 21.2 Å². The molecule has 34 heavy (non-hydrogen) atoms. The maximum atomic E-state index is 12.9. The Balaban J connectivity index is 1.43. The Labute approximate surface area is 205 Å². The summed E-state index contributed by atoms with van der Waals surface area (Å²) in [6.07, 6.45) is 1.55. The van der Waals surface area contributed by atoms with E-state index < -0.39 is 5.69 Å². The van der Waals surface area contributed by atoms with Crippen LogP contribution in [0.3, 0.4) is 0 Å². The van der Waals surface area contributed by atoms with E-state index in [2.05, 4.69) is 44.3 Å². The van der Waals surface area contributed by atoms with Crippen molar-refractivity contribution in [3.8, 4) is 5.69 Å². The lowest BCUT2D eigenvalue weighted by Crippen LogP contribution is -2.44. The van der Waals surface area contributed by atoms with Crippen molar-refractivity contribution >= 4 is 51.3 Å². The zero-order chi connectivity index (χ0) is 23.8. The van der Waals surface area contributed by atoms with Crippen LogP contribution in [0.15, 0.2) is 59.5 Å². The van der Waals surface area contributed by atoms with Crippen molar-refractivity contribution in [2.24, 2.45) is 0 Å². The number of para-hydroxylation sites is 1. The molecule has 0 saturated carbocycles. The van der Waals surface area contributed by atoms with Crippen LogP contribution in [-0.4, -0.2) is 52.7 Å². The predicted octanol–water partition coefficient (Wildman–Crippen LogP) is 4.00. The maximum absolute atomic E-state index is 12.9. The molecule has 4 aromatic rings. The molecule has 2 aromatic heterocycles. The van der Waals surface area contributed by atoms with E-state index in [1.54, 1.807) is 30.5 Å². The number of pyridine rings is 1. The summed E-state index contributed by atoms with van der Waals surface area (Å²) in [5.41, 5.74) is 2.26. The minimum Gasteiger partial charge on any atom is -0.369 e. The first-order valence-corrected chi connectivity index (χ1v) is 11.6. The molecular formula is C24H23Cl2N7O. The molecule has 1 aliphatic heterocycles. The zero-order valence-corrected chi connectivity index (χ0v) is 20.0. The molecule has 0 atom stereocenters. The molecule has 1 fully saturated rings. The van der Waals surface area contributed by atoms with Crippen molar-refractivity contribution in [1.29, 1.82) is 5.41 Å². The van der Waals surface area contributed by atoms with Gasteiger partial charge in [0.25, 0.3) is 0 Å². The second kappa shape index (κ2) is 9.13. The van der Waals surface area contributed by atoms with Gasteiger partial charge in [0, 0.05) is 49.8 Å². The van der Waals surface area contributed by atoms with Crippen LogP contribution in [-0.2, 0) is 0 Å². The summed E-state index contributed by atoms with van der Waals surface area (Å²) in [4.78, 5) is 24.8. The summed E-state index contributed by atoms with van der Waals surface area (Å²) < 4.78 is 1.15. The number of fused-ring (bicyclic) bond motifs is 1. The van der Waals surface area contributed by atoms with E-state index in [1.807, 2.05) is 12.1 Å². The molecule has 5 rings (SSSR count). The average molecular weight is 496 g/mol. The van der Waals surface area contributed by atoms with E-state index in [9.17, 15) is 4.79 Å². The van der Waals surface area contributed by atoms with Gasteiger partial charge >= 0.3 is 5.69 Å². The molecule has 0 aliphatic carbocycles. The molecule has 0 unspecified atom stereocenters. The lowest BCUT2D eigenvalue weighted by atomic mass is 10.2. The number of H-pyrrole nitrogens is 1. The van der Waals surface area contributed by atoms with Crippen LogP contribution in [0.2, 0.25) is 10.0 Å². The Morgan fingerprint density at radius 1 is 1.03 bits per heavy atom. The number of aromatic amines is 1. The molecule has 1 saturated heterocycles. The van der Waals surface area contributed by atoms with Gasteiger partial charge in [0.1, 0.15) is 11.3 Å². The van der Waals surface area contributed by atoms with Crippen molar-refractivity contribution < 1.29 is 0 Å². The predicted molar refractivity (Wildman–Crippen MR) is 137 cm³/mol. The van der Waals surface area contributed by atoms with E-state index in [1.165, 1.54) is 5.69 Å². The molecule has 10 heteroatoms. The fourth-order valence-corrected chi connectivity index (χ4v) is 4.66. The van der Waals surface area contributed by atoms with Crippen molar-refractivity contribution in [2.75, 3.05) is 43.4 Å². The van der Waals surface area contributed by atoms with E-state index in [4.69, 9.17) is 28.6 Å². The van der Waals surface area contributed by atoms with Gasteiger partial charge in [-0.05, 0) is 43.4 Å². The highest BCUT2D eigenvalue weighted by Crippen LogP contribution is 2.27. The minimum atomic E-state index is -0.513. The smallest absolute Gasteiger partial charge is 0.332 e. The van der Waals surface area contributed by atoms with Gasteiger partial charge in [-0.25, -0.2) is 14.3 Å². The number of anilines is 3. The number of nitrogens with one attached hydrogen (secondary N) is 3. The SMILES string of the molecule is CN1CCN(c2ccc(Nc3cc4[nH]c(=O)n(-c5c(Cl)cccc5Cl)c(=N)c4cn3)cc2)CC1. The molecule has 0 bridgehead atoms. The lowest BCUT2D eigenvalue weighted by Gasteiger charge is -2.34. The molecular weight excluding hydrogens is 473 g/mol. The Morgan fingerprint density at radius 3 is 2.38 bits per heavy atom. The largest absolute Gasteiger partial charge is 0.369 e. The number of halogens is 2. The second-order valence-corrected chi connectivity index (χ2v) is 9.08. The molecule has 174 valence electrons. The van der Waals surface area contributed by atoms with Crippen LogP contribution in [0.5, 0.6) is 0 Å². The first kappa shape index (κ1) is 22.5. The van der Waals surface area contributed by atoms with Crippen molar-refractivity contribution in [3.63, 3.8) is 0 Å². The zero-order valence-electron chi connectivity index (χ0n) is 18.5. The number of nitrogens with zero attached hydrogens (tertiary/aromatic N) is 4. The molecule has 3 N–H and O–H groups in total. The number of rotatable bonds is 4. The minimum absolute atomic E-state index is 0.0515. The summed E-state index contributed by atoms with van der Waals surface area (Å²) in [5.74, 6) is 0.559. The van der Waals surface area contributed by atoms with Gasteiger partial charge < -0.3 is 20.1 Å². The van der Waals surface area contributed by atoms with E-state index >= 15 is 0 Å². The van der Waals surface area contributed by atoms with Crippen molar-refractivity contribution in [3.05, 3.63) is 80.7 Å². The first-order valence-electron chi connectivity index (χ1n) is 10.9. The van der Waals surface area contributed by atoms with Crippen LogP contribution in [0, 0.1) is 5.41 Å². The monoisotopic (exact) mass is 495 g/mol. The van der Waals surface area contributed by atoms with Crippen molar-refractivity contribution in [1.82, 2.24) is 19.4 Å². The molecule has 1 aliphatic rings. The van der Waals surface area contributed by atoms with Gasteiger partial charge in [-0.2, -0.15) is 0 Å². The molecule has 0 spiro atoms. The first-order chi connectivity index (χ1) is 16.4. The Kier molecular flexibility index (Phi) is 6.03. The summed E-state index contributed by atoms with van der Waals surface area (Å²) in [7, 11) is 2.14. The second-order valence-electron chi connectivity index (χ2n) is 8.26. The summed E-state index contributed by atoms with van der Waals surface area (Å²) in [6.45, 7) is 4.13. The summed E-state index contributed by atoms with van der Waals surface area (Å²) >= 11 is 12.5. The number of likely N-dealkylation sites (N-methyl/N-ethyl adjacent to an activating group) is 1. The van der Waals surface area contributed by atoms with Gasteiger partial charge in [-0.3, -0.25) is 5.41 Å². The Bertz CT molecular complexity index is 1450. The number of hydrogen-bond donors (Lipinski definition) is 3. The van der Waals surface area contributed by atoms with Crippen LogP contribution in [0.1, 0.15) is 0 Å². The number of aromatic nitrogens is 3. The highest BCUT2D eigenvalue weighted by Gasteiger charge is 2.15. The van der Waals surface area contributed by atoms with Gasteiger partial charge in [0.2, 0.25) is 0 Å². The van der Waals surface area contributed by atoms with Crippen LogP contribution < -0.4 is 21.4 Å². The molecule has 8 nitrogen and oxygen atoms in total. The number of hydrogen-bond acceptors (Lipinski definition) is 6. The maximum Gasteiger partial charge on any atom is 0.332 e. The fourth-order valence-electron chi connectivity index (χ4n) is 4.09. The quantitative estimate of drug-likeness (QED) is 0.397. The topological polar surface area (TPSA) is 93.0 Å². The highest BCUT2D eigenvalue weighted by atomic mass is 35.5. The van der Waals surface area contributed by atoms with Crippen LogP contribution >= 0.6 is 23.2 Å².